The Morgan fingerprint density at radius 1 is 1.00 bits per heavy atom. The van der Waals surface area contributed by atoms with E-state index >= 15 is 0 Å². The zero-order chi connectivity index (χ0) is 16.3. The molecule has 0 radical (unpaired) electrons. The number of nitrogens with one attached hydrogen (secondary N) is 1. The van der Waals surface area contributed by atoms with Crippen LogP contribution in [0.1, 0.15) is 5.56 Å². The normalized spacial score (nSPS) is 17.4. The van der Waals surface area contributed by atoms with Crippen LogP contribution in [0.2, 0.25) is 0 Å². The van der Waals surface area contributed by atoms with Crippen LogP contribution in [-0.2, 0) is 20.8 Å². The fraction of sp³-hybridized carbons (Fsp3) is 0.0588. The lowest BCUT2D eigenvalue weighted by Crippen LogP contribution is -2.27. The molecule has 3 rings (SSSR count). The molecule has 6 heteroatoms. The van der Waals surface area contributed by atoms with Gasteiger partial charge in [0.25, 0.3) is 0 Å². The highest BCUT2D eigenvalue weighted by atomic mass is 32.3. The molecule has 0 bridgehead atoms. The lowest BCUT2D eigenvalue weighted by atomic mass is 10.0. The predicted octanol–water partition coefficient (Wildman–Crippen LogP) is 2.52. The van der Waals surface area contributed by atoms with E-state index in [1.807, 2.05) is 42.5 Å². The number of allylic oxidation sites excluding steroid dienone is 2. The summed E-state index contributed by atoms with van der Waals surface area (Å²) in [4.78, 5) is 33.6. The second kappa shape index (κ2) is 6.18. The van der Waals surface area contributed by atoms with Crippen LogP contribution in [0.25, 0.3) is 10.8 Å². The zero-order valence-electron chi connectivity index (χ0n) is 12.1. The summed E-state index contributed by atoms with van der Waals surface area (Å²) in [6.45, 7) is 0. The molecule has 2 aromatic rings. The van der Waals surface area contributed by atoms with E-state index in [2.05, 4.69) is 9.12 Å². The summed E-state index contributed by atoms with van der Waals surface area (Å²) in [5.74, 6) is 0. The Morgan fingerprint density at radius 2 is 1.74 bits per heavy atom. The maximum absolute atomic E-state index is 11.3. The van der Waals surface area contributed by atoms with Gasteiger partial charge in [-0.2, -0.15) is 0 Å². The zero-order valence-corrected chi connectivity index (χ0v) is 13.0. The van der Waals surface area contributed by atoms with Gasteiger partial charge in [0.1, 0.15) is 5.71 Å². The number of hydrogen-bond donors (Lipinski definition) is 1. The molecule has 0 aliphatic carbocycles. The molecule has 1 aliphatic rings. The lowest BCUT2D eigenvalue weighted by Gasteiger charge is -2.30. The third kappa shape index (κ3) is 2.93. The number of carbonyl (C=O) groups excluding carboxylic acids is 3. The van der Waals surface area contributed by atoms with Crippen molar-refractivity contribution in [3.05, 3.63) is 59.8 Å². The molecule has 0 aromatic heterocycles. The van der Waals surface area contributed by atoms with E-state index in [-0.39, 0.29) is 5.71 Å². The highest BCUT2D eigenvalue weighted by Crippen LogP contribution is 2.42. The third-order valence-electron chi connectivity index (χ3n) is 3.55. The molecule has 0 atom stereocenters. The Balaban J connectivity index is 2.00. The summed E-state index contributed by atoms with van der Waals surface area (Å²) < 4.78 is 6.84. The first kappa shape index (κ1) is 15.2. The molecule has 5 nitrogen and oxygen atoms in total. The molecule has 1 aliphatic heterocycles. The Bertz CT molecular complexity index is 845. The maximum Gasteiger partial charge on any atom is 0.201 e. The molecule has 1 heterocycles. The maximum atomic E-state index is 11.3. The van der Waals surface area contributed by atoms with E-state index in [1.165, 1.54) is 0 Å². The monoisotopic (exact) mass is 326 g/mol. The molecule has 116 valence electrons. The Morgan fingerprint density at radius 3 is 2.48 bits per heavy atom. The van der Waals surface area contributed by atoms with Gasteiger partial charge in [-0.25, -0.2) is 4.40 Å². The molecule has 0 unspecified atom stereocenters. The van der Waals surface area contributed by atoms with Gasteiger partial charge in [0.2, 0.25) is 11.2 Å². The Kier molecular flexibility index (Phi) is 4.08. The number of hydrogen-bond acceptors (Lipinski definition) is 5. The molecule has 23 heavy (non-hydrogen) atoms. The third-order valence-corrected chi connectivity index (χ3v) is 5.24. The highest BCUT2D eigenvalue weighted by Gasteiger charge is 2.27. The van der Waals surface area contributed by atoms with Crippen molar-refractivity contribution in [2.45, 2.75) is 6.42 Å². The van der Waals surface area contributed by atoms with Gasteiger partial charge in [0.05, 0.1) is 0 Å². The van der Waals surface area contributed by atoms with Crippen molar-refractivity contribution in [3.8, 4) is 0 Å². The number of aldehydes is 1. The van der Waals surface area contributed by atoms with Gasteiger partial charge in [-0.1, -0.05) is 42.5 Å². The number of benzene rings is 2. The largest absolute Gasteiger partial charge is 0.323 e. The quantitative estimate of drug-likeness (QED) is 0.857. The summed E-state index contributed by atoms with van der Waals surface area (Å²) >= 11 is 0. The fourth-order valence-corrected chi connectivity index (χ4v) is 3.82. The van der Waals surface area contributed by atoms with Crippen LogP contribution in [0.5, 0.6) is 0 Å². The van der Waals surface area contributed by atoms with Crippen molar-refractivity contribution >= 4 is 44.4 Å². The van der Waals surface area contributed by atoms with Crippen LogP contribution in [0.4, 0.5) is 0 Å². The summed E-state index contributed by atoms with van der Waals surface area (Å²) in [6.07, 6.45) is 2.61. The van der Waals surface area contributed by atoms with Crippen LogP contribution in [0.15, 0.2) is 58.6 Å². The van der Waals surface area contributed by atoms with Gasteiger partial charge in [0, 0.05) is 22.5 Å². The first-order chi connectivity index (χ1) is 11.2. The molecule has 0 fully saturated rings. The van der Waals surface area contributed by atoms with Crippen LogP contribution >= 0.6 is 10.4 Å². The molecule has 0 saturated carbocycles. The van der Waals surface area contributed by atoms with Crippen LogP contribution < -0.4 is 4.72 Å². The first-order valence-corrected chi connectivity index (χ1v) is 8.65. The lowest BCUT2D eigenvalue weighted by molar-refractivity contribution is -0.102. The van der Waals surface area contributed by atoms with Crippen LogP contribution in [-0.4, -0.2) is 23.2 Å². The smallest absolute Gasteiger partial charge is 0.201 e. The van der Waals surface area contributed by atoms with Crippen molar-refractivity contribution in [3.63, 3.8) is 0 Å². The molecular formula is C17H14N2O3S. The Hall–Kier alpha value is -2.73. The van der Waals surface area contributed by atoms with Gasteiger partial charge in [-0.05, 0) is 22.4 Å². The van der Waals surface area contributed by atoms with Crippen LogP contribution in [0, 0.1) is 0 Å². The minimum absolute atomic E-state index is 0.105. The number of nitrogens with zero attached hydrogens (tertiary/aromatic N) is 1. The summed E-state index contributed by atoms with van der Waals surface area (Å²) in [5.41, 5.74) is 2.75. The topological polar surface area (TPSA) is 75.6 Å². The van der Waals surface area contributed by atoms with E-state index in [4.69, 9.17) is 0 Å². The summed E-state index contributed by atoms with van der Waals surface area (Å²) in [7, 11) is -2.68. The molecule has 0 saturated heterocycles. The fourth-order valence-electron chi connectivity index (χ4n) is 2.55. The first-order valence-electron chi connectivity index (χ1n) is 6.93. The number of fused-ring (bicyclic) bond motifs is 1. The van der Waals surface area contributed by atoms with Gasteiger partial charge in [0.15, 0.2) is 6.29 Å². The van der Waals surface area contributed by atoms with E-state index in [0.29, 0.717) is 29.6 Å². The van der Waals surface area contributed by atoms with Gasteiger partial charge in [-0.15, -0.1) is 0 Å². The molecule has 0 amide bonds. The van der Waals surface area contributed by atoms with E-state index in [0.717, 1.165) is 16.3 Å². The molecule has 0 spiro atoms. The van der Waals surface area contributed by atoms with Crippen molar-refractivity contribution in [2.24, 2.45) is 4.40 Å². The van der Waals surface area contributed by atoms with Crippen molar-refractivity contribution in [2.75, 3.05) is 0 Å². The van der Waals surface area contributed by atoms with Gasteiger partial charge >= 0.3 is 0 Å². The molecular weight excluding hydrogens is 312 g/mol. The SMILES string of the molecule is O=CC1=NS(C=O)(C=O)NC(Cc2cccc3ccccc23)=C1. The average molecular weight is 326 g/mol. The molecule has 2 aromatic carbocycles. The number of rotatable bonds is 5. The number of carbonyl (C=O) groups is 3. The van der Waals surface area contributed by atoms with Gasteiger partial charge in [-0.3, -0.25) is 14.4 Å². The summed E-state index contributed by atoms with van der Waals surface area (Å²) in [5, 5.41) is 2.20. The summed E-state index contributed by atoms with van der Waals surface area (Å²) in [6, 6.07) is 13.9. The minimum atomic E-state index is -2.68. The van der Waals surface area contributed by atoms with Gasteiger partial charge < -0.3 is 4.72 Å². The second-order valence-corrected chi connectivity index (χ2v) is 7.21. The predicted molar refractivity (Wildman–Crippen MR) is 93.5 cm³/mol. The minimum Gasteiger partial charge on any atom is -0.323 e. The van der Waals surface area contributed by atoms with E-state index in [9.17, 15) is 14.4 Å². The van der Waals surface area contributed by atoms with E-state index < -0.39 is 10.4 Å². The standard InChI is InChI=1S/C17H14N2O3S/c20-10-16-9-15(18-23(11-21,12-22)19-16)8-14-6-3-5-13-4-1-2-7-17(13)14/h1-7,9-12,18H,8H2. The van der Waals surface area contributed by atoms with Crippen molar-refractivity contribution in [1.29, 1.82) is 0 Å². The van der Waals surface area contributed by atoms with Crippen LogP contribution in [0.3, 0.4) is 0 Å². The van der Waals surface area contributed by atoms with Crippen molar-refractivity contribution < 1.29 is 14.4 Å². The second-order valence-electron chi connectivity index (χ2n) is 5.09. The Labute approximate surface area is 134 Å². The van der Waals surface area contributed by atoms with Crippen molar-refractivity contribution in [1.82, 2.24) is 4.72 Å². The van der Waals surface area contributed by atoms with E-state index in [1.54, 1.807) is 6.08 Å². The highest BCUT2D eigenvalue weighted by molar-refractivity contribution is 8.51. The molecule has 1 N–H and O–H groups in total. The average Bonchev–Trinajstić information content (AvgIpc) is 2.61.